The van der Waals surface area contributed by atoms with Crippen LogP contribution in [0.1, 0.15) is 5.56 Å². The highest BCUT2D eigenvalue weighted by atomic mass is 35.5. The van der Waals surface area contributed by atoms with Gasteiger partial charge in [-0.3, -0.25) is 4.79 Å². The summed E-state index contributed by atoms with van der Waals surface area (Å²) in [6.45, 7) is 0. The number of hydrogen-bond donors (Lipinski definition) is 1. The Morgan fingerprint density at radius 2 is 1.96 bits per heavy atom. The highest BCUT2D eigenvalue weighted by Gasteiger charge is 2.07. The average molecular weight is 388 g/mol. The van der Waals surface area contributed by atoms with Crippen LogP contribution in [-0.4, -0.2) is 22.9 Å². The second-order valence-corrected chi connectivity index (χ2v) is 7.52. The van der Waals surface area contributed by atoms with Gasteiger partial charge in [0.05, 0.1) is 17.7 Å². The van der Waals surface area contributed by atoms with Crippen LogP contribution in [0.15, 0.2) is 69.4 Å². The molecule has 2 aromatic carbocycles. The van der Waals surface area contributed by atoms with E-state index >= 15 is 0 Å². The van der Waals surface area contributed by atoms with Crippen LogP contribution < -0.4 is 5.43 Å². The van der Waals surface area contributed by atoms with Gasteiger partial charge in [0.25, 0.3) is 5.91 Å². The van der Waals surface area contributed by atoms with E-state index in [-0.39, 0.29) is 11.7 Å². The Bertz CT molecular complexity index is 864. The van der Waals surface area contributed by atoms with Crippen LogP contribution in [0.5, 0.6) is 0 Å². The lowest BCUT2D eigenvalue weighted by molar-refractivity contribution is -0.118. The number of nitrogens with one attached hydrogen (secondary N) is 1. The monoisotopic (exact) mass is 387 g/mol. The zero-order valence-electron chi connectivity index (χ0n) is 13.1. The number of hydrogen-bond acceptors (Lipinski definition) is 5. The second-order valence-electron chi connectivity index (χ2n) is 5.00. The molecule has 0 radical (unpaired) electrons. The first-order valence-corrected chi connectivity index (χ1v) is 9.66. The molecule has 25 heavy (non-hydrogen) atoms. The first kappa shape index (κ1) is 17.7. The molecule has 0 atom stereocenters. The van der Waals surface area contributed by atoms with Crippen LogP contribution in [0, 0.1) is 0 Å². The zero-order chi connectivity index (χ0) is 17.5. The maximum Gasteiger partial charge on any atom is 0.250 e. The third kappa shape index (κ3) is 5.42. The smallest absolute Gasteiger partial charge is 0.250 e. The summed E-state index contributed by atoms with van der Waals surface area (Å²) in [4.78, 5) is 16.4. The van der Waals surface area contributed by atoms with E-state index in [0.717, 1.165) is 21.2 Å². The average Bonchev–Trinajstić information content (AvgIpc) is 3.11. The van der Waals surface area contributed by atoms with Gasteiger partial charge in [-0.05, 0) is 17.7 Å². The largest absolute Gasteiger partial charge is 0.272 e. The molecule has 3 aromatic rings. The maximum absolute atomic E-state index is 11.8. The molecule has 0 aliphatic rings. The fourth-order valence-electron chi connectivity index (χ4n) is 1.95. The lowest BCUT2D eigenvalue weighted by atomic mass is 10.2. The highest BCUT2D eigenvalue weighted by Crippen LogP contribution is 2.27. The van der Waals surface area contributed by atoms with Crippen molar-refractivity contribution >= 4 is 46.8 Å². The van der Waals surface area contributed by atoms with Crippen molar-refractivity contribution in [1.29, 1.82) is 0 Å². The number of carbonyl (C=O) groups is 1. The number of halogens is 1. The Kier molecular flexibility index (Phi) is 6.22. The van der Waals surface area contributed by atoms with Crippen molar-refractivity contribution in [3.05, 3.63) is 70.6 Å². The molecule has 0 aliphatic carbocycles. The van der Waals surface area contributed by atoms with E-state index in [1.54, 1.807) is 18.3 Å². The van der Waals surface area contributed by atoms with Gasteiger partial charge in [0.2, 0.25) is 0 Å². The molecule has 0 bridgehead atoms. The summed E-state index contributed by atoms with van der Waals surface area (Å²) >= 11 is 8.74. The summed E-state index contributed by atoms with van der Waals surface area (Å²) in [6.07, 6.45) is 1.58. The summed E-state index contributed by atoms with van der Waals surface area (Å²) < 4.78 is 0.857. The predicted molar refractivity (Wildman–Crippen MR) is 105 cm³/mol. The minimum absolute atomic E-state index is 0.174. The number of thioether (sulfide) groups is 1. The van der Waals surface area contributed by atoms with Crippen molar-refractivity contribution in [2.24, 2.45) is 5.10 Å². The molecule has 0 saturated heterocycles. The molecule has 1 aromatic heterocycles. The minimum atomic E-state index is -0.174. The van der Waals surface area contributed by atoms with Gasteiger partial charge >= 0.3 is 0 Å². The summed E-state index contributed by atoms with van der Waals surface area (Å²) in [5.41, 5.74) is 5.37. The van der Waals surface area contributed by atoms with Crippen molar-refractivity contribution < 1.29 is 4.79 Å². The number of hydrazone groups is 1. The zero-order valence-corrected chi connectivity index (χ0v) is 15.4. The number of benzene rings is 2. The maximum atomic E-state index is 11.8. The number of amides is 1. The molecule has 126 valence electrons. The molecule has 1 N–H and O–H groups in total. The van der Waals surface area contributed by atoms with Crippen LogP contribution in [0.3, 0.4) is 0 Å². The standard InChI is InChI=1S/C18H14ClN3OS2/c19-15-8-6-13(7-9-15)10-20-22-17(23)12-25-18-21-16(11-24-18)14-4-2-1-3-5-14/h1-11H,12H2,(H,22,23)/b20-10+. The molecule has 4 nitrogen and oxygen atoms in total. The fourth-order valence-corrected chi connectivity index (χ4v) is 3.71. The van der Waals surface area contributed by atoms with E-state index in [0.29, 0.717) is 5.02 Å². The SMILES string of the molecule is O=C(CSc1nc(-c2ccccc2)cs1)N/N=C/c1ccc(Cl)cc1. The first-order chi connectivity index (χ1) is 12.2. The molecule has 0 aliphatic heterocycles. The molecule has 7 heteroatoms. The van der Waals surface area contributed by atoms with Gasteiger partial charge in [0.1, 0.15) is 0 Å². The summed E-state index contributed by atoms with van der Waals surface area (Å²) in [5, 5.41) is 6.60. The number of thiazole rings is 1. The van der Waals surface area contributed by atoms with Crippen molar-refractivity contribution in [2.75, 3.05) is 5.75 Å². The van der Waals surface area contributed by atoms with E-state index in [2.05, 4.69) is 15.5 Å². The molecule has 1 amide bonds. The summed E-state index contributed by atoms with van der Waals surface area (Å²) in [7, 11) is 0. The Labute approximate surface area is 159 Å². The van der Waals surface area contributed by atoms with Crippen LogP contribution in [0.25, 0.3) is 11.3 Å². The minimum Gasteiger partial charge on any atom is -0.272 e. The van der Waals surface area contributed by atoms with Crippen molar-refractivity contribution in [3.63, 3.8) is 0 Å². The fraction of sp³-hybridized carbons (Fsp3) is 0.0556. The van der Waals surface area contributed by atoms with Crippen LogP contribution in [-0.2, 0) is 4.79 Å². The molecular formula is C18H14ClN3OS2. The lowest BCUT2D eigenvalue weighted by Crippen LogP contribution is -2.19. The van der Waals surface area contributed by atoms with Crippen molar-refractivity contribution in [1.82, 2.24) is 10.4 Å². The number of carbonyl (C=O) groups excluding carboxylic acids is 1. The highest BCUT2D eigenvalue weighted by molar-refractivity contribution is 8.01. The molecular weight excluding hydrogens is 374 g/mol. The van der Waals surface area contributed by atoms with E-state index < -0.39 is 0 Å². The van der Waals surface area contributed by atoms with Gasteiger partial charge < -0.3 is 0 Å². The quantitative estimate of drug-likeness (QED) is 0.378. The Balaban J connectivity index is 1.48. The van der Waals surface area contributed by atoms with Crippen molar-refractivity contribution in [2.45, 2.75) is 4.34 Å². The lowest BCUT2D eigenvalue weighted by Gasteiger charge is -1.98. The normalized spacial score (nSPS) is 10.9. The van der Waals surface area contributed by atoms with Gasteiger partial charge in [-0.2, -0.15) is 5.10 Å². The number of nitrogens with zero attached hydrogens (tertiary/aromatic N) is 2. The van der Waals surface area contributed by atoms with E-state index in [1.807, 2.05) is 47.8 Å². The van der Waals surface area contributed by atoms with Gasteiger partial charge in [-0.1, -0.05) is 65.8 Å². The third-order valence-electron chi connectivity index (χ3n) is 3.15. The molecule has 0 unspecified atom stereocenters. The van der Waals surface area contributed by atoms with Crippen LogP contribution in [0.4, 0.5) is 0 Å². The molecule has 1 heterocycles. The Morgan fingerprint density at radius 3 is 2.72 bits per heavy atom. The molecule has 0 spiro atoms. The third-order valence-corrected chi connectivity index (χ3v) is 5.43. The van der Waals surface area contributed by atoms with Gasteiger partial charge in [0, 0.05) is 16.0 Å². The summed E-state index contributed by atoms with van der Waals surface area (Å²) in [5.74, 6) is 0.0892. The van der Waals surface area contributed by atoms with Gasteiger partial charge in [0.15, 0.2) is 4.34 Å². The van der Waals surface area contributed by atoms with Crippen LogP contribution >= 0.6 is 34.7 Å². The molecule has 0 fully saturated rings. The predicted octanol–water partition coefficient (Wildman–Crippen LogP) is 4.71. The molecule has 0 saturated carbocycles. The van der Waals surface area contributed by atoms with Crippen molar-refractivity contribution in [3.8, 4) is 11.3 Å². The van der Waals surface area contributed by atoms with E-state index in [9.17, 15) is 4.79 Å². The second kappa shape index (κ2) is 8.80. The number of aromatic nitrogens is 1. The Morgan fingerprint density at radius 1 is 1.20 bits per heavy atom. The Hall–Kier alpha value is -2.15. The summed E-state index contributed by atoms with van der Waals surface area (Å²) in [6, 6.07) is 17.2. The van der Waals surface area contributed by atoms with Gasteiger partial charge in [-0.15, -0.1) is 11.3 Å². The van der Waals surface area contributed by atoms with E-state index in [4.69, 9.17) is 11.6 Å². The van der Waals surface area contributed by atoms with E-state index in [1.165, 1.54) is 23.1 Å². The number of rotatable bonds is 6. The van der Waals surface area contributed by atoms with Crippen LogP contribution in [0.2, 0.25) is 5.02 Å². The van der Waals surface area contributed by atoms with Gasteiger partial charge in [-0.25, -0.2) is 10.4 Å². The topological polar surface area (TPSA) is 54.4 Å². The first-order valence-electron chi connectivity index (χ1n) is 7.42. The molecule has 3 rings (SSSR count).